The molecule has 2 heterocycles. The van der Waals surface area contributed by atoms with Crippen LogP contribution < -0.4 is 10.1 Å². The van der Waals surface area contributed by atoms with E-state index in [1.165, 1.54) is 22.9 Å². The van der Waals surface area contributed by atoms with E-state index in [1.807, 2.05) is 41.8 Å². The topological polar surface area (TPSA) is 82.2 Å². The third kappa shape index (κ3) is 8.11. The van der Waals surface area contributed by atoms with Gasteiger partial charge in [0.2, 0.25) is 11.7 Å². The average Bonchev–Trinajstić information content (AvgIpc) is 3.68. The fourth-order valence-corrected chi connectivity index (χ4v) is 5.53. The molecule has 0 fully saturated rings. The van der Waals surface area contributed by atoms with Crippen LogP contribution in [0.15, 0.2) is 70.4 Å². The second-order valence-corrected chi connectivity index (χ2v) is 13.3. The molecule has 0 saturated carbocycles. The summed E-state index contributed by atoms with van der Waals surface area (Å²) in [5.74, 6) is 2.40. The molecule has 1 amide bonds. The number of thioether (sulfide) groups is 1. The van der Waals surface area contributed by atoms with Gasteiger partial charge in [0, 0.05) is 12.1 Å². The van der Waals surface area contributed by atoms with Crippen LogP contribution in [0, 0.1) is 6.92 Å². The lowest BCUT2D eigenvalue weighted by molar-refractivity contribution is -0.118. The number of nitrogens with zero attached hydrogens (tertiary/aromatic N) is 3. The van der Waals surface area contributed by atoms with E-state index in [9.17, 15) is 4.79 Å². The average molecular weight is 603 g/mol. The maximum absolute atomic E-state index is 12.7. The predicted molar refractivity (Wildman–Crippen MR) is 175 cm³/mol. The fourth-order valence-electron chi connectivity index (χ4n) is 4.75. The van der Waals surface area contributed by atoms with Crippen LogP contribution in [0.4, 0.5) is 0 Å². The number of aromatic nitrogens is 3. The maximum atomic E-state index is 12.7. The zero-order valence-electron chi connectivity index (χ0n) is 26.7. The van der Waals surface area contributed by atoms with Crippen molar-refractivity contribution in [3.05, 3.63) is 77.6 Å². The van der Waals surface area contributed by atoms with Crippen molar-refractivity contribution in [1.82, 2.24) is 20.1 Å². The van der Waals surface area contributed by atoms with E-state index in [2.05, 4.69) is 81.3 Å². The number of rotatable bonds is 15. The summed E-state index contributed by atoms with van der Waals surface area (Å²) in [4.78, 5) is 12.7. The fraction of sp³-hybridized carbons (Fsp3) is 0.457. The second-order valence-electron chi connectivity index (χ2n) is 12.3. The van der Waals surface area contributed by atoms with E-state index >= 15 is 0 Å². The first-order valence-corrected chi connectivity index (χ1v) is 16.3. The van der Waals surface area contributed by atoms with Gasteiger partial charge in [0.25, 0.3) is 0 Å². The summed E-state index contributed by atoms with van der Waals surface area (Å²) in [5.41, 5.74) is 4.83. The van der Waals surface area contributed by atoms with Crippen molar-refractivity contribution in [2.75, 3.05) is 18.9 Å². The zero-order chi connectivity index (χ0) is 31.0. The summed E-state index contributed by atoms with van der Waals surface area (Å²) in [6.07, 6.45) is 5.43. The van der Waals surface area contributed by atoms with Crippen LogP contribution in [0.2, 0.25) is 0 Å². The van der Waals surface area contributed by atoms with Crippen molar-refractivity contribution >= 4 is 17.7 Å². The van der Waals surface area contributed by atoms with E-state index in [0.29, 0.717) is 29.9 Å². The first-order valence-electron chi connectivity index (χ1n) is 15.3. The van der Waals surface area contributed by atoms with E-state index < -0.39 is 0 Å². The molecule has 0 radical (unpaired) electrons. The van der Waals surface area contributed by atoms with Crippen LogP contribution in [-0.4, -0.2) is 39.6 Å². The minimum absolute atomic E-state index is 0.0309. The van der Waals surface area contributed by atoms with Gasteiger partial charge in [0.15, 0.2) is 10.9 Å². The van der Waals surface area contributed by atoms with Crippen molar-refractivity contribution in [1.29, 1.82) is 0 Å². The Balaban J connectivity index is 1.28. The highest BCUT2D eigenvalue weighted by molar-refractivity contribution is 7.99. The van der Waals surface area contributed by atoms with Gasteiger partial charge in [-0.3, -0.25) is 9.36 Å². The van der Waals surface area contributed by atoms with E-state index in [4.69, 9.17) is 9.15 Å². The molecule has 0 unspecified atom stereocenters. The van der Waals surface area contributed by atoms with Crippen molar-refractivity contribution < 1.29 is 13.9 Å². The van der Waals surface area contributed by atoms with Gasteiger partial charge in [-0.05, 0) is 84.9 Å². The zero-order valence-corrected chi connectivity index (χ0v) is 27.5. The van der Waals surface area contributed by atoms with E-state index in [0.717, 1.165) is 42.7 Å². The van der Waals surface area contributed by atoms with Crippen molar-refractivity contribution in [2.24, 2.45) is 0 Å². The summed E-state index contributed by atoms with van der Waals surface area (Å²) in [5, 5.41) is 12.4. The smallest absolute Gasteiger partial charge is 0.230 e. The lowest BCUT2D eigenvalue weighted by Crippen LogP contribution is -2.26. The molecule has 0 aliphatic rings. The van der Waals surface area contributed by atoms with Gasteiger partial charge in [-0.25, -0.2) is 0 Å². The standard InChI is InChI=1S/C35H46N4O3S/c1-8-34(4,5)26-17-18-29(28(23-26)35(6,7)9-2)41-20-11-10-19-36-31(40)24-43-33-38-37-32(30-16-13-21-42-30)39(33)27-15-12-14-25(3)22-27/h12-18,21-23H,8-11,19-20,24H2,1-7H3,(H,36,40). The number of carbonyl (C=O) groups excluding carboxylic acids is 1. The molecule has 4 aromatic rings. The third-order valence-corrected chi connectivity index (χ3v) is 9.30. The van der Waals surface area contributed by atoms with E-state index in [1.54, 1.807) is 6.26 Å². The number of carbonyl (C=O) groups is 1. The first-order chi connectivity index (χ1) is 20.6. The minimum Gasteiger partial charge on any atom is -0.493 e. The van der Waals surface area contributed by atoms with Crippen LogP contribution >= 0.6 is 11.8 Å². The third-order valence-electron chi connectivity index (χ3n) is 8.38. The number of furan rings is 1. The minimum atomic E-state index is -0.0367. The molecule has 0 saturated heterocycles. The number of hydrogen-bond acceptors (Lipinski definition) is 6. The Morgan fingerprint density at radius 3 is 2.47 bits per heavy atom. The maximum Gasteiger partial charge on any atom is 0.230 e. The van der Waals surface area contributed by atoms with Crippen LogP contribution in [-0.2, 0) is 15.6 Å². The highest BCUT2D eigenvalue weighted by Gasteiger charge is 2.26. The van der Waals surface area contributed by atoms with Crippen molar-refractivity contribution in [3.8, 4) is 23.0 Å². The molecule has 230 valence electrons. The summed E-state index contributed by atoms with van der Waals surface area (Å²) < 4.78 is 13.8. The van der Waals surface area contributed by atoms with E-state index in [-0.39, 0.29) is 22.5 Å². The molecule has 8 heteroatoms. The number of amides is 1. The predicted octanol–water partition coefficient (Wildman–Crippen LogP) is 8.28. The highest BCUT2D eigenvalue weighted by Crippen LogP contribution is 2.38. The highest BCUT2D eigenvalue weighted by atomic mass is 32.2. The molecular formula is C35H46N4O3S. The van der Waals surface area contributed by atoms with Crippen LogP contribution in [0.5, 0.6) is 5.75 Å². The number of aryl methyl sites for hydroxylation is 1. The quantitative estimate of drug-likeness (QED) is 0.109. The van der Waals surface area contributed by atoms with Gasteiger partial charge in [-0.15, -0.1) is 10.2 Å². The Morgan fingerprint density at radius 2 is 1.77 bits per heavy atom. The largest absolute Gasteiger partial charge is 0.493 e. The number of benzene rings is 2. The molecule has 0 aliphatic heterocycles. The van der Waals surface area contributed by atoms with Gasteiger partial charge in [-0.2, -0.15) is 0 Å². The van der Waals surface area contributed by atoms with Crippen LogP contribution in [0.1, 0.15) is 83.9 Å². The Hall–Kier alpha value is -3.52. The molecule has 0 bridgehead atoms. The summed E-state index contributed by atoms with van der Waals surface area (Å²) in [6, 6.07) is 18.5. The molecule has 2 aromatic carbocycles. The first kappa shape index (κ1) is 32.4. The summed E-state index contributed by atoms with van der Waals surface area (Å²) in [6.45, 7) is 16.9. The number of ether oxygens (including phenoxy) is 1. The van der Waals surface area contributed by atoms with Gasteiger partial charge in [-0.1, -0.05) is 77.6 Å². The van der Waals surface area contributed by atoms with Gasteiger partial charge in [0.1, 0.15) is 5.75 Å². The van der Waals surface area contributed by atoms with Crippen molar-refractivity contribution in [2.45, 2.75) is 90.1 Å². The van der Waals surface area contributed by atoms with Gasteiger partial charge >= 0.3 is 0 Å². The normalized spacial score (nSPS) is 12.0. The molecule has 43 heavy (non-hydrogen) atoms. The van der Waals surface area contributed by atoms with Crippen LogP contribution in [0.25, 0.3) is 17.3 Å². The molecule has 7 nitrogen and oxygen atoms in total. The second kappa shape index (κ2) is 14.3. The Bertz CT molecular complexity index is 1490. The molecule has 0 spiro atoms. The molecular weight excluding hydrogens is 556 g/mol. The van der Waals surface area contributed by atoms with Gasteiger partial charge in [0.05, 0.1) is 24.3 Å². The van der Waals surface area contributed by atoms with Crippen molar-refractivity contribution in [3.63, 3.8) is 0 Å². The van der Waals surface area contributed by atoms with Gasteiger partial charge < -0.3 is 14.5 Å². The summed E-state index contributed by atoms with van der Waals surface area (Å²) >= 11 is 1.36. The Kier molecular flexibility index (Phi) is 10.8. The molecule has 1 N–H and O–H groups in total. The van der Waals surface area contributed by atoms with Crippen LogP contribution in [0.3, 0.4) is 0 Å². The SMILES string of the molecule is CCC(C)(C)c1ccc(OCCCCNC(=O)CSc2nnc(-c3ccco3)n2-c2cccc(C)c2)c(C(C)(C)CC)c1. The number of nitrogens with one attached hydrogen (secondary N) is 1. The number of hydrogen-bond donors (Lipinski definition) is 1. The summed E-state index contributed by atoms with van der Waals surface area (Å²) in [7, 11) is 0. The lowest BCUT2D eigenvalue weighted by atomic mass is 9.76. The Labute approximate surface area is 260 Å². The Morgan fingerprint density at radius 1 is 0.977 bits per heavy atom. The molecule has 0 aliphatic carbocycles. The monoisotopic (exact) mass is 602 g/mol. The lowest BCUT2D eigenvalue weighted by Gasteiger charge is -2.30. The number of unbranched alkanes of at least 4 members (excludes halogenated alkanes) is 1. The molecule has 0 atom stereocenters. The molecule has 4 rings (SSSR count). The molecule has 2 aromatic heterocycles.